The van der Waals surface area contributed by atoms with Gasteiger partial charge in [0.1, 0.15) is 0 Å². The van der Waals surface area contributed by atoms with E-state index in [1.165, 1.54) is 19.2 Å². The molecule has 0 fully saturated rings. The second-order valence-electron chi connectivity index (χ2n) is 4.80. The highest BCUT2D eigenvalue weighted by molar-refractivity contribution is 6.05. The van der Waals surface area contributed by atoms with E-state index < -0.39 is 11.8 Å². The summed E-state index contributed by atoms with van der Waals surface area (Å²) < 4.78 is 18.5. The number of aromatic nitrogens is 1. The zero-order chi connectivity index (χ0) is 16.2. The van der Waals surface area contributed by atoms with E-state index in [2.05, 4.69) is 15.6 Å². The van der Waals surface area contributed by atoms with Crippen LogP contribution in [0, 0.1) is 5.82 Å². The van der Waals surface area contributed by atoms with E-state index >= 15 is 0 Å². The number of hydrogen-bond acceptors (Lipinski definition) is 3. The first-order valence-corrected chi connectivity index (χ1v) is 6.92. The number of para-hydroxylation sites is 1. The summed E-state index contributed by atoms with van der Waals surface area (Å²) in [6.45, 7) is 0. The molecule has 0 saturated heterocycles. The van der Waals surface area contributed by atoms with Crippen molar-refractivity contribution in [2.75, 3.05) is 17.7 Å². The first-order valence-electron chi connectivity index (χ1n) is 6.92. The third-order valence-electron chi connectivity index (χ3n) is 3.31. The fourth-order valence-electron chi connectivity index (χ4n) is 2.23. The standard InChI is InChI=1S/C17H14FN3O2/c1-23-16-7-6-11(10-13(16)18)20-17(22)21-15-8-9-19-14-5-3-2-4-12(14)15/h2-10H,1H3,(H2,19,20,21,22). The fourth-order valence-corrected chi connectivity index (χ4v) is 2.23. The molecule has 1 heterocycles. The Bertz CT molecular complexity index is 862. The van der Waals surface area contributed by atoms with Crippen molar-refractivity contribution in [2.24, 2.45) is 0 Å². The number of benzene rings is 2. The van der Waals surface area contributed by atoms with E-state index in [1.807, 2.05) is 24.3 Å². The average Bonchev–Trinajstić information content (AvgIpc) is 2.55. The molecule has 116 valence electrons. The van der Waals surface area contributed by atoms with Gasteiger partial charge in [-0.15, -0.1) is 0 Å². The summed E-state index contributed by atoms with van der Waals surface area (Å²) in [5.74, 6) is -0.421. The van der Waals surface area contributed by atoms with Gasteiger partial charge in [0.2, 0.25) is 0 Å². The lowest BCUT2D eigenvalue weighted by atomic mass is 10.2. The Balaban J connectivity index is 1.77. The molecule has 0 aliphatic carbocycles. The van der Waals surface area contributed by atoms with Gasteiger partial charge in [-0.2, -0.15) is 0 Å². The highest BCUT2D eigenvalue weighted by Gasteiger charge is 2.08. The monoisotopic (exact) mass is 311 g/mol. The third kappa shape index (κ3) is 3.21. The minimum absolute atomic E-state index is 0.121. The Morgan fingerprint density at radius 1 is 1.13 bits per heavy atom. The number of urea groups is 1. The number of rotatable bonds is 3. The van der Waals surface area contributed by atoms with Crippen molar-refractivity contribution in [3.63, 3.8) is 0 Å². The van der Waals surface area contributed by atoms with Gasteiger partial charge in [-0.3, -0.25) is 4.98 Å². The number of amides is 2. The predicted octanol–water partition coefficient (Wildman–Crippen LogP) is 4.03. The van der Waals surface area contributed by atoms with Crippen LogP contribution in [0.1, 0.15) is 0 Å². The normalized spacial score (nSPS) is 10.3. The lowest BCUT2D eigenvalue weighted by Gasteiger charge is -2.10. The van der Waals surface area contributed by atoms with Crippen LogP contribution in [-0.4, -0.2) is 18.1 Å². The van der Waals surface area contributed by atoms with Crippen LogP contribution in [0.4, 0.5) is 20.6 Å². The van der Waals surface area contributed by atoms with Crippen molar-refractivity contribution < 1.29 is 13.9 Å². The molecule has 0 unspecified atom stereocenters. The van der Waals surface area contributed by atoms with Crippen LogP contribution >= 0.6 is 0 Å². The van der Waals surface area contributed by atoms with Gasteiger partial charge in [-0.25, -0.2) is 9.18 Å². The van der Waals surface area contributed by atoms with Crippen LogP contribution < -0.4 is 15.4 Å². The van der Waals surface area contributed by atoms with Crippen molar-refractivity contribution in [3.05, 3.63) is 60.5 Å². The molecule has 0 atom stereocenters. The van der Waals surface area contributed by atoms with Gasteiger partial charge in [0.15, 0.2) is 11.6 Å². The Kier molecular flexibility index (Phi) is 4.05. The average molecular weight is 311 g/mol. The van der Waals surface area contributed by atoms with Crippen molar-refractivity contribution in [2.45, 2.75) is 0 Å². The molecular formula is C17H14FN3O2. The topological polar surface area (TPSA) is 63.2 Å². The molecule has 1 aromatic heterocycles. The Morgan fingerprint density at radius 3 is 2.74 bits per heavy atom. The first-order chi connectivity index (χ1) is 11.2. The van der Waals surface area contributed by atoms with Gasteiger partial charge in [0.05, 0.1) is 18.3 Å². The van der Waals surface area contributed by atoms with Crippen LogP contribution in [0.3, 0.4) is 0 Å². The van der Waals surface area contributed by atoms with Crippen LogP contribution in [-0.2, 0) is 0 Å². The number of carbonyl (C=O) groups is 1. The quantitative estimate of drug-likeness (QED) is 0.767. The number of nitrogens with one attached hydrogen (secondary N) is 2. The largest absolute Gasteiger partial charge is 0.494 e. The highest BCUT2D eigenvalue weighted by Crippen LogP contribution is 2.23. The fraction of sp³-hybridized carbons (Fsp3) is 0.0588. The van der Waals surface area contributed by atoms with Gasteiger partial charge in [0.25, 0.3) is 0 Å². The maximum atomic E-state index is 13.6. The van der Waals surface area contributed by atoms with Gasteiger partial charge in [-0.05, 0) is 24.3 Å². The maximum absolute atomic E-state index is 13.6. The number of fused-ring (bicyclic) bond motifs is 1. The van der Waals surface area contributed by atoms with E-state index in [-0.39, 0.29) is 5.75 Å². The van der Waals surface area contributed by atoms with Gasteiger partial charge >= 0.3 is 6.03 Å². The molecule has 6 heteroatoms. The Labute approximate surface area is 132 Å². The first kappa shape index (κ1) is 14.8. The zero-order valence-electron chi connectivity index (χ0n) is 12.3. The molecule has 0 saturated carbocycles. The summed E-state index contributed by atoms with van der Waals surface area (Å²) in [5.41, 5.74) is 1.74. The summed E-state index contributed by atoms with van der Waals surface area (Å²) in [4.78, 5) is 16.3. The Hall–Kier alpha value is -3.15. The van der Waals surface area contributed by atoms with E-state index in [4.69, 9.17) is 4.74 Å². The van der Waals surface area contributed by atoms with E-state index in [0.717, 1.165) is 10.9 Å². The molecule has 23 heavy (non-hydrogen) atoms. The SMILES string of the molecule is COc1ccc(NC(=O)Nc2ccnc3ccccc23)cc1F. The molecule has 0 bridgehead atoms. The summed E-state index contributed by atoms with van der Waals surface area (Å²) in [5, 5.41) is 6.14. The van der Waals surface area contributed by atoms with E-state index in [1.54, 1.807) is 18.3 Å². The highest BCUT2D eigenvalue weighted by atomic mass is 19.1. The number of pyridine rings is 1. The molecule has 2 amide bonds. The molecule has 3 aromatic rings. The van der Waals surface area contributed by atoms with Gasteiger partial charge in [0, 0.05) is 23.3 Å². The number of methoxy groups -OCH3 is 1. The van der Waals surface area contributed by atoms with E-state index in [9.17, 15) is 9.18 Å². The molecule has 0 spiro atoms. The van der Waals surface area contributed by atoms with Crippen molar-refractivity contribution in [1.82, 2.24) is 4.98 Å². The molecular weight excluding hydrogens is 297 g/mol. The van der Waals surface area contributed by atoms with Crippen molar-refractivity contribution >= 4 is 28.3 Å². The number of hydrogen-bond donors (Lipinski definition) is 2. The maximum Gasteiger partial charge on any atom is 0.323 e. The van der Waals surface area contributed by atoms with Crippen molar-refractivity contribution in [1.29, 1.82) is 0 Å². The van der Waals surface area contributed by atoms with Crippen LogP contribution in [0.15, 0.2) is 54.7 Å². The summed E-state index contributed by atoms with van der Waals surface area (Å²) in [6.07, 6.45) is 1.62. The number of halogens is 1. The smallest absolute Gasteiger partial charge is 0.323 e. The number of ether oxygens (including phenoxy) is 1. The minimum Gasteiger partial charge on any atom is -0.494 e. The second-order valence-corrected chi connectivity index (χ2v) is 4.80. The lowest BCUT2D eigenvalue weighted by molar-refractivity contribution is 0.262. The second kappa shape index (κ2) is 6.31. The number of nitrogens with zero attached hydrogens (tertiary/aromatic N) is 1. The van der Waals surface area contributed by atoms with Gasteiger partial charge in [-0.1, -0.05) is 18.2 Å². The lowest BCUT2D eigenvalue weighted by Crippen LogP contribution is -2.19. The number of carbonyl (C=O) groups excluding carboxylic acids is 1. The molecule has 3 rings (SSSR count). The molecule has 0 aliphatic heterocycles. The van der Waals surface area contributed by atoms with E-state index in [0.29, 0.717) is 11.4 Å². The van der Waals surface area contributed by atoms with Crippen LogP contribution in [0.25, 0.3) is 10.9 Å². The third-order valence-corrected chi connectivity index (χ3v) is 3.31. The molecule has 0 radical (unpaired) electrons. The van der Waals surface area contributed by atoms with Crippen molar-refractivity contribution in [3.8, 4) is 5.75 Å². The molecule has 2 N–H and O–H groups in total. The van der Waals surface area contributed by atoms with Gasteiger partial charge < -0.3 is 15.4 Å². The van der Waals surface area contributed by atoms with Crippen LogP contribution in [0.5, 0.6) is 5.75 Å². The summed E-state index contributed by atoms with van der Waals surface area (Å²) in [6, 6.07) is 12.9. The number of anilines is 2. The Morgan fingerprint density at radius 2 is 1.96 bits per heavy atom. The molecule has 0 aliphatic rings. The summed E-state index contributed by atoms with van der Waals surface area (Å²) >= 11 is 0. The van der Waals surface area contributed by atoms with Crippen LogP contribution in [0.2, 0.25) is 0 Å². The molecule has 2 aromatic carbocycles. The molecule has 5 nitrogen and oxygen atoms in total. The predicted molar refractivity (Wildman–Crippen MR) is 87.3 cm³/mol. The minimum atomic E-state index is -0.542. The zero-order valence-corrected chi connectivity index (χ0v) is 12.3. The summed E-state index contributed by atoms with van der Waals surface area (Å²) in [7, 11) is 1.38.